The first-order valence-corrected chi connectivity index (χ1v) is 13.2. The molecular formula is C21H45N2O5P. The van der Waals surface area contributed by atoms with Crippen LogP contribution in [-0.4, -0.2) is 30.0 Å². The van der Waals surface area contributed by atoms with Gasteiger partial charge in [0.15, 0.2) is 6.04 Å². The predicted octanol–water partition coefficient (Wildman–Crippen LogP) is 3.45. The van der Waals surface area contributed by atoms with Crippen LogP contribution in [0.4, 0.5) is 0 Å². The summed E-state index contributed by atoms with van der Waals surface area (Å²) in [6, 6.07) is -0.856. The Bertz CT molecular complexity index is 431. The van der Waals surface area contributed by atoms with E-state index in [2.05, 4.69) is 22.5 Å². The molecule has 0 heterocycles. The Morgan fingerprint density at radius 2 is 1.28 bits per heavy atom. The number of phosphoric ester groups is 1. The minimum absolute atomic E-state index is 0.362. The van der Waals surface area contributed by atoms with Crippen LogP contribution in [0.2, 0.25) is 0 Å². The zero-order valence-corrected chi connectivity index (χ0v) is 19.4. The van der Waals surface area contributed by atoms with E-state index in [9.17, 15) is 14.3 Å². The van der Waals surface area contributed by atoms with Crippen LogP contribution in [0.15, 0.2) is 0 Å². The second kappa shape index (κ2) is 19.5. The first kappa shape index (κ1) is 28.5. The summed E-state index contributed by atoms with van der Waals surface area (Å²) >= 11 is 0. The van der Waals surface area contributed by atoms with Gasteiger partial charge in [0.25, 0.3) is 13.7 Å². The zero-order valence-electron chi connectivity index (χ0n) is 18.5. The third kappa shape index (κ3) is 22.1. The SMILES string of the molecule is CCCCCCCCCCCCCCCCCCNC(=O)[C@H]([NH3+])COP(=O)([O-])O. The molecule has 0 rings (SSSR count). The molecule has 174 valence electrons. The maximum absolute atomic E-state index is 11.7. The predicted molar refractivity (Wildman–Crippen MR) is 115 cm³/mol. The topological polar surface area (TPSA) is 126 Å². The van der Waals surface area contributed by atoms with E-state index < -0.39 is 20.5 Å². The normalized spacial score (nSPS) is 14.5. The van der Waals surface area contributed by atoms with Gasteiger partial charge in [-0.1, -0.05) is 103 Å². The molecule has 0 aliphatic carbocycles. The van der Waals surface area contributed by atoms with Gasteiger partial charge in [0.2, 0.25) is 0 Å². The quantitative estimate of drug-likeness (QED) is 0.188. The lowest BCUT2D eigenvalue weighted by Gasteiger charge is -2.16. The van der Waals surface area contributed by atoms with Gasteiger partial charge in [0.05, 0.1) is 0 Å². The number of nitrogens with one attached hydrogen (secondary N) is 1. The molecule has 8 heteroatoms. The Morgan fingerprint density at radius 3 is 1.66 bits per heavy atom. The summed E-state index contributed by atoms with van der Waals surface area (Å²) < 4.78 is 14.7. The summed E-state index contributed by atoms with van der Waals surface area (Å²) in [4.78, 5) is 30.7. The summed E-state index contributed by atoms with van der Waals surface area (Å²) in [5, 5.41) is 2.71. The smallest absolute Gasteiger partial charge is 0.280 e. The lowest BCUT2D eigenvalue weighted by atomic mass is 10.0. The lowest BCUT2D eigenvalue weighted by Crippen LogP contribution is -2.69. The highest BCUT2D eigenvalue weighted by Gasteiger charge is 2.18. The Balaban J connectivity index is 3.27. The van der Waals surface area contributed by atoms with Gasteiger partial charge in [0, 0.05) is 6.54 Å². The number of carbonyl (C=O) groups excluding carboxylic acids is 1. The van der Waals surface area contributed by atoms with Gasteiger partial charge in [-0.15, -0.1) is 0 Å². The zero-order chi connectivity index (χ0) is 21.8. The molecule has 5 N–H and O–H groups in total. The Morgan fingerprint density at radius 1 is 0.897 bits per heavy atom. The summed E-state index contributed by atoms with van der Waals surface area (Å²) in [5.74, 6) is -0.362. The first-order chi connectivity index (χ1) is 13.9. The maximum Gasteiger partial charge on any atom is 0.280 e. The van der Waals surface area contributed by atoms with Gasteiger partial charge in [0.1, 0.15) is 6.61 Å². The van der Waals surface area contributed by atoms with E-state index in [-0.39, 0.29) is 5.91 Å². The molecule has 0 aromatic carbocycles. The number of hydrogen-bond acceptors (Lipinski definition) is 4. The van der Waals surface area contributed by atoms with Crippen molar-refractivity contribution in [1.82, 2.24) is 5.32 Å². The maximum atomic E-state index is 11.7. The Hall–Kier alpha value is -0.460. The molecule has 1 unspecified atom stereocenters. The fourth-order valence-electron chi connectivity index (χ4n) is 3.29. The summed E-state index contributed by atoms with van der Waals surface area (Å²) in [7, 11) is -4.79. The van der Waals surface area contributed by atoms with Crippen LogP contribution in [-0.2, 0) is 13.9 Å². The van der Waals surface area contributed by atoms with E-state index in [1.807, 2.05) is 0 Å². The number of unbranched alkanes of at least 4 members (excludes halogenated alkanes) is 15. The third-order valence-corrected chi connectivity index (χ3v) is 5.61. The van der Waals surface area contributed by atoms with Crippen LogP contribution in [0.5, 0.6) is 0 Å². The van der Waals surface area contributed by atoms with Gasteiger partial charge >= 0.3 is 0 Å². The monoisotopic (exact) mass is 436 g/mol. The summed E-state index contributed by atoms with van der Waals surface area (Å²) in [5.41, 5.74) is 3.53. The largest absolute Gasteiger partial charge is 0.756 e. The molecule has 0 saturated carbocycles. The van der Waals surface area contributed by atoms with Gasteiger partial charge in [-0.05, 0) is 6.42 Å². The van der Waals surface area contributed by atoms with E-state index >= 15 is 0 Å². The second-order valence-corrected chi connectivity index (χ2v) is 9.25. The third-order valence-electron chi connectivity index (χ3n) is 5.14. The average molecular weight is 437 g/mol. The fourth-order valence-corrected chi connectivity index (χ4v) is 3.66. The molecule has 0 aliphatic heterocycles. The van der Waals surface area contributed by atoms with E-state index in [0.29, 0.717) is 6.54 Å². The minimum Gasteiger partial charge on any atom is -0.756 e. The molecule has 7 nitrogen and oxygen atoms in total. The van der Waals surface area contributed by atoms with Crippen molar-refractivity contribution in [3.63, 3.8) is 0 Å². The number of carbonyl (C=O) groups is 1. The lowest BCUT2D eigenvalue weighted by molar-refractivity contribution is -0.409. The standard InChI is InChI=1S/C21H45N2O5P/c1-2-3-4-5-6-7-8-9-10-11-12-13-14-15-16-17-18-23-21(24)20(22)19-28-29(25,26)27/h20H,2-19,22H2,1H3,(H,23,24)(H2,25,26,27)/t20-/m1/s1. The van der Waals surface area contributed by atoms with Crippen molar-refractivity contribution < 1.29 is 29.4 Å². The minimum atomic E-state index is -4.79. The van der Waals surface area contributed by atoms with Crippen molar-refractivity contribution in [2.45, 2.75) is 116 Å². The van der Waals surface area contributed by atoms with Gasteiger partial charge in [-0.3, -0.25) is 9.36 Å². The van der Waals surface area contributed by atoms with E-state index in [4.69, 9.17) is 4.89 Å². The van der Waals surface area contributed by atoms with Crippen LogP contribution in [0.25, 0.3) is 0 Å². The molecule has 0 radical (unpaired) electrons. The molecule has 0 aromatic heterocycles. The number of amides is 1. The van der Waals surface area contributed by atoms with Gasteiger partial charge in [-0.25, -0.2) is 0 Å². The van der Waals surface area contributed by atoms with Crippen LogP contribution in [0.1, 0.15) is 110 Å². The highest BCUT2D eigenvalue weighted by Crippen LogP contribution is 2.29. The average Bonchev–Trinajstić information content (AvgIpc) is 2.67. The van der Waals surface area contributed by atoms with Gasteiger partial charge < -0.3 is 25.4 Å². The molecule has 0 aromatic rings. The number of hydrogen-bond donors (Lipinski definition) is 3. The molecule has 0 spiro atoms. The Labute approximate surface area is 177 Å². The molecule has 2 atom stereocenters. The van der Waals surface area contributed by atoms with Gasteiger partial charge in [-0.2, -0.15) is 0 Å². The molecular weight excluding hydrogens is 391 g/mol. The Kier molecular flexibility index (Phi) is 19.2. The second-order valence-electron chi connectivity index (χ2n) is 8.06. The van der Waals surface area contributed by atoms with Crippen molar-refractivity contribution in [2.24, 2.45) is 0 Å². The number of quaternary nitrogens is 1. The van der Waals surface area contributed by atoms with Crippen LogP contribution in [0.3, 0.4) is 0 Å². The summed E-state index contributed by atoms with van der Waals surface area (Å²) in [6.07, 6.45) is 20.9. The van der Waals surface area contributed by atoms with E-state index in [1.54, 1.807) is 0 Å². The fraction of sp³-hybridized carbons (Fsp3) is 0.952. The van der Waals surface area contributed by atoms with Crippen LogP contribution < -0.4 is 15.9 Å². The van der Waals surface area contributed by atoms with Crippen molar-refractivity contribution in [2.75, 3.05) is 13.2 Å². The molecule has 0 fully saturated rings. The molecule has 0 aliphatic rings. The van der Waals surface area contributed by atoms with Crippen LogP contribution >= 0.6 is 7.82 Å². The summed E-state index contributed by atoms with van der Waals surface area (Å²) in [6.45, 7) is 2.37. The number of phosphoric acid groups is 1. The highest BCUT2D eigenvalue weighted by molar-refractivity contribution is 7.44. The number of rotatable bonds is 21. The molecule has 0 saturated heterocycles. The molecule has 29 heavy (non-hydrogen) atoms. The van der Waals surface area contributed by atoms with E-state index in [1.165, 1.54) is 89.9 Å². The molecule has 0 bridgehead atoms. The molecule has 1 amide bonds. The highest BCUT2D eigenvalue weighted by atomic mass is 31.2. The van der Waals surface area contributed by atoms with Crippen molar-refractivity contribution >= 4 is 13.7 Å². The van der Waals surface area contributed by atoms with Crippen LogP contribution in [0, 0.1) is 0 Å². The van der Waals surface area contributed by atoms with Crippen molar-refractivity contribution in [3.8, 4) is 0 Å². The van der Waals surface area contributed by atoms with Crippen molar-refractivity contribution in [1.29, 1.82) is 0 Å². The van der Waals surface area contributed by atoms with E-state index in [0.717, 1.165) is 12.8 Å². The first-order valence-electron chi connectivity index (χ1n) is 11.7. The van der Waals surface area contributed by atoms with Crippen molar-refractivity contribution in [3.05, 3.63) is 0 Å².